The fourth-order valence-electron chi connectivity index (χ4n) is 3.40. The molecule has 1 aliphatic rings. The van der Waals surface area contributed by atoms with Crippen molar-refractivity contribution in [3.63, 3.8) is 0 Å². The van der Waals surface area contributed by atoms with E-state index in [9.17, 15) is 13.2 Å². The standard InChI is InChI=1S/C20H21N5O3S/c1-14-6-3-4-7-18(14)25-15(2)19(22-23-25)20(26)21-16-8-10-17(11-9-16)24-12-5-13-29(24,27)28/h3-4,6-11H,5,12-13H2,1-2H3,(H,21,26). The van der Waals surface area contributed by atoms with Crippen LogP contribution in [0.3, 0.4) is 0 Å². The molecule has 1 aromatic heterocycles. The van der Waals surface area contributed by atoms with Crippen LogP contribution < -0.4 is 9.62 Å². The zero-order chi connectivity index (χ0) is 20.6. The monoisotopic (exact) mass is 411 g/mol. The Balaban J connectivity index is 1.52. The quantitative estimate of drug-likeness (QED) is 0.712. The van der Waals surface area contributed by atoms with Gasteiger partial charge in [-0.25, -0.2) is 13.1 Å². The Hall–Kier alpha value is -3.20. The van der Waals surface area contributed by atoms with Crippen molar-refractivity contribution < 1.29 is 13.2 Å². The second-order valence-corrected chi connectivity index (χ2v) is 8.98. The molecule has 150 valence electrons. The summed E-state index contributed by atoms with van der Waals surface area (Å²) in [6.45, 7) is 4.25. The molecule has 0 aliphatic carbocycles. The smallest absolute Gasteiger partial charge is 0.278 e. The van der Waals surface area contributed by atoms with E-state index >= 15 is 0 Å². The maximum Gasteiger partial charge on any atom is 0.278 e. The maximum atomic E-state index is 12.7. The summed E-state index contributed by atoms with van der Waals surface area (Å²) in [6, 6.07) is 14.5. The van der Waals surface area contributed by atoms with E-state index in [0.717, 1.165) is 11.3 Å². The van der Waals surface area contributed by atoms with Crippen LogP contribution in [0.15, 0.2) is 48.5 Å². The molecule has 1 fully saturated rings. The van der Waals surface area contributed by atoms with E-state index < -0.39 is 10.0 Å². The molecule has 1 N–H and O–H groups in total. The summed E-state index contributed by atoms with van der Waals surface area (Å²) in [6.07, 6.45) is 0.622. The number of hydrogen-bond acceptors (Lipinski definition) is 5. The number of anilines is 2. The summed E-state index contributed by atoms with van der Waals surface area (Å²) in [5.41, 5.74) is 3.92. The second-order valence-electron chi connectivity index (χ2n) is 6.96. The van der Waals surface area contributed by atoms with E-state index in [0.29, 0.717) is 30.0 Å². The first-order valence-corrected chi connectivity index (χ1v) is 10.9. The predicted molar refractivity (Wildman–Crippen MR) is 111 cm³/mol. The van der Waals surface area contributed by atoms with Gasteiger partial charge in [-0.3, -0.25) is 9.10 Å². The van der Waals surface area contributed by atoms with Gasteiger partial charge in [0.1, 0.15) is 0 Å². The molecule has 9 heteroatoms. The van der Waals surface area contributed by atoms with Crippen LogP contribution in [0.5, 0.6) is 0 Å². The molecule has 0 unspecified atom stereocenters. The van der Waals surface area contributed by atoms with Gasteiger partial charge in [-0.1, -0.05) is 23.4 Å². The van der Waals surface area contributed by atoms with Crippen molar-refractivity contribution in [1.29, 1.82) is 0 Å². The van der Waals surface area contributed by atoms with Crippen molar-refractivity contribution in [3.8, 4) is 5.69 Å². The Labute approximate surface area is 169 Å². The van der Waals surface area contributed by atoms with Gasteiger partial charge in [0.05, 0.1) is 22.8 Å². The van der Waals surface area contributed by atoms with Crippen molar-refractivity contribution in [1.82, 2.24) is 15.0 Å². The molecule has 2 aromatic carbocycles. The molecule has 29 heavy (non-hydrogen) atoms. The highest BCUT2D eigenvalue weighted by atomic mass is 32.2. The molecule has 0 saturated carbocycles. The van der Waals surface area contributed by atoms with Crippen LogP contribution >= 0.6 is 0 Å². The first-order chi connectivity index (χ1) is 13.9. The molecular weight excluding hydrogens is 390 g/mol. The average Bonchev–Trinajstić information content (AvgIpc) is 3.24. The number of aromatic nitrogens is 3. The molecule has 1 amide bonds. The Kier molecular flexibility index (Phi) is 4.83. The number of benzene rings is 2. The Morgan fingerprint density at radius 3 is 2.45 bits per heavy atom. The minimum Gasteiger partial charge on any atom is -0.321 e. The SMILES string of the molecule is Cc1ccccc1-n1nnc(C(=O)Nc2ccc(N3CCCS3(=O)=O)cc2)c1C. The summed E-state index contributed by atoms with van der Waals surface area (Å²) < 4.78 is 27.1. The van der Waals surface area contributed by atoms with Gasteiger partial charge < -0.3 is 5.32 Å². The molecule has 0 atom stereocenters. The molecular formula is C20H21N5O3S. The maximum absolute atomic E-state index is 12.7. The second kappa shape index (κ2) is 7.32. The number of carbonyl (C=O) groups excluding carboxylic acids is 1. The molecule has 0 spiro atoms. The topological polar surface area (TPSA) is 97.2 Å². The third-order valence-electron chi connectivity index (χ3n) is 4.97. The fourth-order valence-corrected chi connectivity index (χ4v) is 4.96. The number of para-hydroxylation sites is 1. The van der Waals surface area contributed by atoms with Crippen LogP contribution in [0.25, 0.3) is 5.69 Å². The van der Waals surface area contributed by atoms with E-state index in [1.54, 1.807) is 35.9 Å². The summed E-state index contributed by atoms with van der Waals surface area (Å²) in [7, 11) is -3.23. The molecule has 1 saturated heterocycles. The number of amides is 1. The zero-order valence-corrected chi connectivity index (χ0v) is 17.0. The van der Waals surface area contributed by atoms with Gasteiger partial charge in [-0.2, -0.15) is 0 Å². The number of nitrogens with zero attached hydrogens (tertiary/aromatic N) is 4. The Morgan fingerprint density at radius 2 is 1.79 bits per heavy atom. The fraction of sp³-hybridized carbons (Fsp3) is 0.250. The molecule has 1 aliphatic heterocycles. The first kappa shape index (κ1) is 19.1. The normalized spacial score (nSPS) is 15.4. The highest BCUT2D eigenvalue weighted by Crippen LogP contribution is 2.25. The zero-order valence-electron chi connectivity index (χ0n) is 16.2. The van der Waals surface area contributed by atoms with Crippen molar-refractivity contribution in [2.45, 2.75) is 20.3 Å². The molecule has 0 radical (unpaired) electrons. The third-order valence-corrected chi connectivity index (χ3v) is 6.84. The largest absolute Gasteiger partial charge is 0.321 e. The number of aryl methyl sites for hydroxylation is 1. The minimum absolute atomic E-state index is 0.168. The number of sulfonamides is 1. The lowest BCUT2D eigenvalue weighted by atomic mass is 10.2. The van der Waals surface area contributed by atoms with Crippen molar-refractivity contribution in [2.24, 2.45) is 0 Å². The van der Waals surface area contributed by atoms with E-state index in [-0.39, 0.29) is 17.4 Å². The van der Waals surface area contributed by atoms with Gasteiger partial charge in [0.2, 0.25) is 10.0 Å². The van der Waals surface area contributed by atoms with Crippen molar-refractivity contribution >= 4 is 27.3 Å². The highest BCUT2D eigenvalue weighted by molar-refractivity contribution is 7.93. The van der Waals surface area contributed by atoms with Crippen LogP contribution in [0.2, 0.25) is 0 Å². The highest BCUT2D eigenvalue weighted by Gasteiger charge is 2.28. The molecule has 0 bridgehead atoms. The van der Waals surface area contributed by atoms with Crippen LogP contribution in [-0.4, -0.2) is 41.6 Å². The van der Waals surface area contributed by atoms with Gasteiger partial charge in [0.15, 0.2) is 5.69 Å². The average molecular weight is 411 g/mol. The van der Waals surface area contributed by atoms with E-state index in [1.165, 1.54) is 4.31 Å². The van der Waals surface area contributed by atoms with Gasteiger partial charge in [-0.05, 0) is 56.2 Å². The van der Waals surface area contributed by atoms with Gasteiger partial charge in [0, 0.05) is 12.2 Å². The van der Waals surface area contributed by atoms with E-state index in [4.69, 9.17) is 0 Å². The predicted octanol–water partition coefficient (Wildman–Crippen LogP) is 2.68. The lowest BCUT2D eigenvalue weighted by molar-refractivity contribution is 0.102. The Morgan fingerprint density at radius 1 is 1.07 bits per heavy atom. The number of rotatable bonds is 4. The summed E-state index contributed by atoms with van der Waals surface area (Å²) in [5.74, 6) is -0.203. The van der Waals surface area contributed by atoms with E-state index in [1.807, 2.05) is 31.2 Å². The van der Waals surface area contributed by atoms with Crippen LogP contribution in [0.4, 0.5) is 11.4 Å². The van der Waals surface area contributed by atoms with Gasteiger partial charge >= 0.3 is 0 Å². The molecule has 2 heterocycles. The summed E-state index contributed by atoms with van der Waals surface area (Å²) in [4.78, 5) is 12.7. The molecule has 4 rings (SSSR count). The summed E-state index contributed by atoms with van der Waals surface area (Å²) >= 11 is 0. The van der Waals surface area contributed by atoms with Crippen molar-refractivity contribution in [2.75, 3.05) is 21.9 Å². The van der Waals surface area contributed by atoms with Crippen LogP contribution in [0.1, 0.15) is 28.2 Å². The number of hydrogen-bond donors (Lipinski definition) is 1. The first-order valence-electron chi connectivity index (χ1n) is 9.27. The molecule has 3 aromatic rings. The lowest BCUT2D eigenvalue weighted by Crippen LogP contribution is -2.25. The number of carbonyl (C=O) groups is 1. The third kappa shape index (κ3) is 3.61. The lowest BCUT2D eigenvalue weighted by Gasteiger charge is -2.17. The van der Waals surface area contributed by atoms with Crippen molar-refractivity contribution in [3.05, 3.63) is 65.5 Å². The Bertz CT molecular complexity index is 1170. The van der Waals surface area contributed by atoms with Gasteiger partial charge in [-0.15, -0.1) is 5.10 Å². The van der Waals surface area contributed by atoms with Crippen LogP contribution in [0, 0.1) is 13.8 Å². The number of nitrogens with one attached hydrogen (secondary N) is 1. The van der Waals surface area contributed by atoms with E-state index in [2.05, 4.69) is 15.6 Å². The molecule has 8 nitrogen and oxygen atoms in total. The minimum atomic E-state index is -3.23. The van der Waals surface area contributed by atoms with Crippen LogP contribution in [-0.2, 0) is 10.0 Å². The summed E-state index contributed by atoms with van der Waals surface area (Å²) in [5, 5.41) is 11.0. The van der Waals surface area contributed by atoms with Gasteiger partial charge in [0.25, 0.3) is 5.91 Å².